The standard InChI is InChI=1S/C11H12N4O/c1-6-4-5-9(7(2)12-6)11(16)10-8(3)13-15-14-10/h4-5H,1-3H3,(H,13,14,15). The molecule has 0 fully saturated rings. The molecule has 0 bridgehead atoms. The fourth-order valence-electron chi connectivity index (χ4n) is 1.56. The predicted octanol–water partition coefficient (Wildman–Crippen LogP) is 1.36. The number of aromatic amines is 1. The number of nitrogens with one attached hydrogen (secondary N) is 1. The van der Waals surface area contributed by atoms with Crippen molar-refractivity contribution in [2.75, 3.05) is 0 Å². The van der Waals surface area contributed by atoms with Crippen LogP contribution in [0.25, 0.3) is 0 Å². The number of rotatable bonds is 2. The summed E-state index contributed by atoms with van der Waals surface area (Å²) in [5.74, 6) is -0.118. The molecular formula is C11H12N4O. The van der Waals surface area contributed by atoms with Crippen LogP contribution in [-0.4, -0.2) is 26.2 Å². The lowest BCUT2D eigenvalue weighted by Crippen LogP contribution is -2.07. The highest BCUT2D eigenvalue weighted by Gasteiger charge is 2.17. The number of aromatic nitrogens is 4. The maximum absolute atomic E-state index is 12.1. The average Bonchev–Trinajstić information content (AvgIpc) is 2.63. The summed E-state index contributed by atoms with van der Waals surface area (Å²) in [4.78, 5) is 16.4. The molecule has 1 N–H and O–H groups in total. The fourth-order valence-corrected chi connectivity index (χ4v) is 1.56. The van der Waals surface area contributed by atoms with E-state index >= 15 is 0 Å². The molecule has 2 aromatic heterocycles. The van der Waals surface area contributed by atoms with Gasteiger partial charge in [-0.15, -0.1) is 5.10 Å². The first-order valence-electron chi connectivity index (χ1n) is 4.96. The van der Waals surface area contributed by atoms with Gasteiger partial charge in [0.25, 0.3) is 0 Å². The van der Waals surface area contributed by atoms with Crippen molar-refractivity contribution in [2.24, 2.45) is 0 Å². The molecule has 0 atom stereocenters. The molecule has 5 heteroatoms. The van der Waals surface area contributed by atoms with Crippen LogP contribution in [0.4, 0.5) is 0 Å². The molecule has 0 aliphatic carbocycles. The molecule has 0 saturated heterocycles. The van der Waals surface area contributed by atoms with Gasteiger partial charge in [0, 0.05) is 17.0 Å². The zero-order valence-corrected chi connectivity index (χ0v) is 9.40. The summed E-state index contributed by atoms with van der Waals surface area (Å²) in [5, 5.41) is 9.97. The van der Waals surface area contributed by atoms with Gasteiger partial charge in [-0.2, -0.15) is 0 Å². The second kappa shape index (κ2) is 3.84. The molecule has 2 aromatic rings. The summed E-state index contributed by atoms with van der Waals surface area (Å²) in [7, 11) is 0. The smallest absolute Gasteiger partial charge is 0.214 e. The van der Waals surface area contributed by atoms with Crippen LogP contribution >= 0.6 is 0 Å². The van der Waals surface area contributed by atoms with Crippen molar-refractivity contribution < 1.29 is 4.79 Å². The Kier molecular flexibility index (Phi) is 2.52. The summed E-state index contributed by atoms with van der Waals surface area (Å²) in [6.07, 6.45) is 0. The van der Waals surface area contributed by atoms with Crippen LogP contribution in [0.5, 0.6) is 0 Å². The van der Waals surface area contributed by atoms with Crippen molar-refractivity contribution in [1.82, 2.24) is 20.4 Å². The van der Waals surface area contributed by atoms with E-state index in [4.69, 9.17) is 0 Å². The zero-order valence-electron chi connectivity index (χ0n) is 9.40. The highest BCUT2D eigenvalue weighted by Crippen LogP contribution is 2.12. The van der Waals surface area contributed by atoms with Crippen molar-refractivity contribution in [1.29, 1.82) is 0 Å². The van der Waals surface area contributed by atoms with Crippen molar-refractivity contribution in [3.05, 3.63) is 40.5 Å². The third kappa shape index (κ3) is 1.71. The van der Waals surface area contributed by atoms with Crippen molar-refractivity contribution >= 4 is 5.78 Å². The normalized spacial score (nSPS) is 10.4. The number of carbonyl (C=O) groups is 1. The molecule has 2 heterocycles. The predicted molar refractivity (Wildman–Crippen MR) is 58.3 cm³/mol. The summed E-state index contributed by atoms with van der Waals surface area (Å²) in [5.41, 5.74) is 3.23. The molecule has 0 aliphatic rings. The van der Waals surface area contributed by atoms with E-state index in [9.17, 15) is 4.79 Å². The van der Waals surface area contributed by atoms with Crippen LogP contribution in [0.2, 0.25) is 0 Å². The highest BCUT2D eigenvalue weighted by molar-refractivity contribution is 6.08. The van der Waals surface area contributed by atoms with Gasteiger partial charge < -0.3 is 0 Å². The van der Waals surface area contributed by atoms with Crippen LogP contribution in [0, 0.1) is 20.8 Å². The van der Waals surface area contributed by atoms with Crippen molar-refractivity contribution in [3.8, 4) is 0 Å². The van der Waals surface area contributed by atoms with E-state index in [1.54, 1.807) is 13.0 Å². The monoisotopic (exact) mass is 216 g/mol. The van der Waals surface area contributed by atoms with Crippen LogP contribution in [0.1, 0.15) is 33.1 Å². The Balaban J connectivity index is 2.46. The lowest BCUT2D eigenvalue weighted by molar-refractivity contribution is 0.103. The lowest BCUT2D eigenvalue weighted by atomic mass is 10.1. The van der Waals surface area contributed by atoms with Crippen LogP contribution in [0.15, 0.2) is 12.1 Å². The van der Waals surface area contributed by atoms with E-state index in [0.29, 0.717) is 17.0 Å². The van der Waals surface area contributed by atoms with Crippen LogP contribution < -0.4 is 0 Å². The number of pyridine rings is 1. The largest absolute Gasteiger partial charge is 0.287 e. The quantitative estimate of drug-likeness (QED) is 0.769. The van der Waals surface area contributed by atoms with Gasteiger partial charge in [-0.25, -0.2) is 0 Å². The molecule has 0 aliphatic heterocycles. The Hall–Kier alpha value is -2.04. The van der Waals surface area contributed by atoms with Crippen LogP contribution in [0.3, 0.4) is 0 Å². The first kappa shape index (κ1) is 10.5. The number of ketones is 1. The van der Waals surface area contributed by atoms with Crippen molar-refractivity contribution in [2.45, 2.75) is 20.8 Å². The third-order valence-electron chi connectivity index (χ3n) is 2.42. The second-order valence-electron chi connectivity index (χ2n) is 3.69. The molecule has 2 rings (SSSR count). The van der Waals surface area contributed by atoms with E-state index in [2.05, 4.69) is 20.4 Å². The fraction of sp³-hybridized carbons (Fsp3) is 0.273. The number of H-pyrrole nitrogens is 1. The maximum atomic E-state index is 12.1. The minimum absolute atomic E-state index is 0.118. The molecule has 0 spiro atoms. The summed E-state index contributed by atoms with van der Waals surface area (Å²) in [6, 6.07) is 3.60. The Labute approximate surface area is 92.9 Å². The molecule has 0 aromatic carbocycles. The van der Waals surface area contributed by atoms with Crippen molar-refractivity contribution in [3.63, 3.8) is 0 Å². The number of aryl methyl sites for hydroxylation is 3. The Morgan fingerprint density at radius 3 is 2.50 bits per heavy atom. The first-order valence-corrected chi connectivity index (χ1v) is 4.96. The average molecular weight is 216 g/mol. The minimum atomic E-state index is -0.118. The van der Waals surface area contributed by atoms with Gasteiger partial charge in [-0.3, -0.25) is 14.9 Å². The van der Waals surface area contributed by atoms with E-state index in [1.807, 2.05) is 19.9 Å². The molecule has 0 unspecified atom stereocenters. The number of hydrogen-bond donors (Lipinski definition) is 1. The van der Waals surface area contributed by atoms with Gasteiger partial charge in [0.2, 0.25) is 5.78 Å². The topological polar surface area (TPSA) is 71.5 Å². The molecule has 82 valence electrons. The van der Waals surface area contributed by atoms with Gasteiger partial charge in [-0.05, 0) is 32.9 Å². The molecule has 0 saturated carbocycles. The third-order valence-corrected chi connectivity index (χ3v) is 2.42. The summed E-state index contributed by atoms with van der Waals surface area (Å²) >= 11 is 0. The first-order chi connectivity index (χ1) is 7.59. The summed E-state index contributed by atoms with van der Waals surface area (Å²) in [6.45, 7) is 5.46. The van der Waals surface area contributed by atoms with Gasteiger partial charge in [0.05, 0.1) is 5.69 Å². The molecular weight excluding hydrogens is 204 g/mol. The SMILES string of the molecule is Cc1ccc(C(=O)c2[nH]nnc2C)c(C)n1. The van der Waals surface area contributed by atoms with Gasteiger partial charge in [0.15, 0.2) is 0 Å². The number of carbonyl (C=O) groups excluding carboxylic acids is 1. The van der Waals surface area contributed by atoms with E-state index < -0.39 is 0 Å². The lowest BCUT2D eigenvalue weighted by Gasteiger charge is -2.03. The Morgan fingerprint density at radius 2 is 1.94 bits per heavy atom. The molecule has 0 amide bonds. The molecule has 16 heavy (non-hydrogen) atoms. The van der Waals surface area contributed by atoms with Gasteiger partial charge in [-0.1, -0.05) is 5.21 Å². The second-order valence-corrected chi connectivity index (χ2v) is 3.69. The van der Waals surface area contributed by atoms with E-state index in [-0.39, 0.29) is 5.78 Å². The molecule has 5 nitrogen and oxygen atoms in total. The summed E-state index contributed by atoms with van der Waals surface area (Å²) < 4.78 is 0. The number of nitrogens with zero attached hydrogens (tertiary/aromatic N) is 3. The Bertz CT molecular complexity index is 545. The minimum Gasteiger partial charge on any atom is -0.287 e. The highest BCUT2D eigenvalue weighted by atomic mass is 16.1. The van der Waals surface area contributed by atoms with E-state index in [1.165, 1.54) is 0 Å². The Morgan fingerprint density at radius 1 is 1.19 bits per heavy atom. The number of hydrogen-bond acceptors (Lipinski definition) is 4. The molecule has 0 radical (unpaired) electrons. The zero-order chi connectivity index (χ0) is 11.7. The van der Waals surface area contributed by atoms with Gasteiger partial charge >= 0.3 is 0 Å². The van der Waals surface area contributed by atoms with E-state index in [0.717, 1.165) is 11.4 Å². The maximum Gasteiger partial charge on any atom is 0.214 e. The van der Waals surface area contributed by atoms with Crippen LogP contribution in [-0.2, 0) is 0 Å². The van der Waals surface area contributed by atoms with Gasteiger partial charge in [0.1, 0.15) is 5.69 Å².